The summed E-state index contributed by atoms with van der Waals surface area (Å²) in [5.41, 5.74) is 3.89. The average molecular weight is 195 g/mol. The van der Waals surface area contributed by atoms with E-state index in [0.717, 1.165) is 12.8 Å². The van der Waals surface area contributed by atoms with Crippen LogP contribution in [0.3, 0.4) is 0 Å². The molecule has 0 radical (unpaired) electrons. The maximum Gasteiger partial charge on any atom is 0.234 e. The van der Waals surface area contributed by atoms with Crippen molar-refractivity contribution in [1.29, 1.82) is 0 Å². The minimum atomic E-state index is 0.0709. The Bertz CT molecular complexity index is 267. The molecule has 1 aromatic rings. The van der Waals surface area contributed by atoms with Crippen LogP contribution in [-0.4, -0.2) is 30.0 Å². The Labute approximate surface area is 84.3 Å². The number of aromatic amines is 1. The molecular weight excluding hydrogens is 178 g/mol. The lowest BCUT2D eigenvalue weighted by Crippen LogP contribution is -2.35. The summed E-state index contributed by atoms with van der Waals surface area (Å²) in [5.74, 6) is 0.0709. The smallest absolute Gasteiger partial charge is 0.234 e. The number of hydrogen-bond donors (Lipinski definition) is 2. The second-order valence-corrected chi connectivity index (χ2v) is 3.48. The van der Waals surface area contributed by atoms with Crippen LogP contribution in [0.2, 0.25) is 0 Å². The zero-order valence-corrected chi connectivity index (χ0v) is 8.71. The van der Waals surface area contributed by atoms with E-state index in [0.29, 0.717) is 6.42 Å². The van der Waals surface area contributed by atoms with Gasteiger partial charge >= 0.3 is 0 Å². The molecule has 0 aliphatic carbocycles. The van der Waals surface area contributed by atoms with E-state index in [1.807, 2.05) is 32.4 Å². The van der Waals surface area contributed by atoms with Crippen molar-refractivity contribution in [2.45, 2.75) is 19.3 Å². The van der Waals surface area contributed by atoms with Gasteiger partial charge in [-0.15, -0.1) is 0 Å². The maximum absolute atomic E-state index is 11.2. The molecule has 0 fully saturated rings. The first kappa shape index (κ1) is 10.8. The van der Waals surface area contributed by atoms with Crippen molar-refractivity contribution < 1.29 is 4.79 Å². The van der Waals surface area contributed by atoms with Gasteiger partial charge in [0.05, 0.1) is 0 Å². The third-order valence-electron chi connectivity index (χ3n) is 1.86. The van der Waals surface area contributed by atoms with Crippen LogP contribution < -0.4 is 5.43 Å². The molecule has 4 nitrogen and oxygen atoms in total. The fourth-order valence-electron chi connectivity index (χ4n) is 1.27. The number of hydrazine groups is 1. The molecule has 1 rings (SSSR count). The first-order valence-electron chi connectivity index (χ1n) is 4.77. The Balaban J connectivity index is 2.12. The molecule has 0 saturated heterocycles. The van der Waals surface area contributed by atoms with E-state index in [-0.39, 0.29) is 5.91 Å². The highest BCUT2D eigenvalue weighted by molar-refractivity contribution is 5.75. The van der Waals surface area contributed by atoms with E-state index in [2.05, 4.69) is 10.4 Å². The summed E-state index contributed by atoms with van der Waals surface area (Å²) >= 11 is 0. The fraction of sp³-hybridized carbons (Fsp3) is 0.500. The van der Waals surface area contributed by atoms with Crippen molar-refractivity contribution in [2.75, 3.05) is 14.1 Å². The number of H-pyrrole nitrogens is 1. The second-order valence-electron chi connectivity index (χ2n) is 3.48. The molecule has 0 unspecified atom stereocenters. The Morgan fingerprint density at radius 3 is 2.93 bits per heavy atom. The molecule has 0 bridgehead atoms. The highest BCUT2D eigenvalue weighted by Gasteiger charge is 2.01. The third kappa shape index (κ3) is 4.09. The Kier molecular flexibility index (Phi) is 4.19. The van der Waals surface area contributed by atoms with Crippen LogP contribution in [0.5, 0.6) is 0 Å². The zero-order valence-electron chi connectivity index (χ0n) is 8.71. The van der Waals surface area contributed by atoms with E-state index >= 15 is 0 Å². The molecule has 1 aromatic heterocycles. The summed E-state index contributed by atoms with van der Waals surface area (Å²) < 4.78 is 0. The molecule has 1 amide bonds. The first-order valence-corrected chi connectivity index (χ1v) is 4.77. The van der Waals surface area contributed by atoms with E-state index in [1.165, 1.54) is 5.69 Å². The summed E-state index contributed by atoms with van der Waals surface area (Å²) in [6.07, 6.45) is 4.26. The molecule has 4 heteroatoms. The number of hydrogen-bond acceptors (Lipinski definition) is 2. The molecular formula is C10H17N3O. The number of carbonyl (C=O) groups is 1. The van der Waals surface area contributed by atoms with E-state index in [4.69, 9.17) is 0 Å². The number of carbonyl (C=O) groups excluding carboxylic acids is 1. The number of aryl methyl sites for hydroxylation is 1. The van der Waals surface area contributed by atoms with Gasteiger partial charge in [-0.25, -0.2) is 5.01 Å². The minimum Gasteiger partial charge on any atom is -0.365 e. The largest absolute Gasteiger partial charge is 0.365 e. The molecule has 0 atom stereocenters. The molecule has 0 aliphatic heterocycles. The molecule has 0 spiro atoms. The average Bonchev–Trinajstić information content (AvgIpc) is 2.55. The summed E-state index contributed by atoms with van der Waals surface area (Å²) in [7, 11) is 3.62. The fourth-order valence-corrected chi connectivity index (χ4v) is 1.27. The minimum absolute atomic E-state index is 0.0709. The van der Waals surface area contributed by atoms with Gasteiger partial charge in [0.15, 0.2) is 0 Å². The summed E-state index contributed by atoms with van der Waals surface area (Å²) in [4.78, 5) is 14.3. The monoisotopic (exact) mass is 195 g/mol. The quantitative estimate of drug-likeness (QED) is 0.687. The predicted octanol–water partition coefficient (Wildman–Crippen LogP) is 0.930. The van der Waals surface area contributed by atoms with Gasteiger partial charge < -0.3 is 4.98 Å². The number of nitrogens with zero attached hydrogens (tertiary/aromatic N) is 1. The number of aromatic nitrogens is 1. The second kappa shape index (κ2) is 5.44. The van der Waals surface area contributed by atoms with Crippen molar-refractivity contribution in [3.63, 3.8) is 0 Å². The normalized spacial score (nSPS) is 10.5. The Hall–Kier alpha value is -1.29. The molecule has 78 valence electrons. The van der Waals surface area contributed by atoms with Crippen LogP contribution in [-0.2, 0) is 11.2 Å². The highest BCUT2D eigenvalue weighted by Crippen LogP contribution is 2.01. The molecule has 0 aliphatic rings. The lowest BCUT2D eigenvalue weighted by molar-refractivity contribution is -0.124. The first-order chi connectivity index (χ1) is 6.68. The van der Waals surface area contributed by atoms with Gasteiger partial charge in [-0.1, -0.05) is 0 Å². The summed E-state index contributed by atoms with van der Waals surface area (Å²) in [5, 5.41) is 1.66. The molecule has 0 saturated carbocycles. The molecule has 2 N–H and O–H groups in total. The van der Waals surface area contributed by atoms with E-state index in [1.54, 1.807) is 5.01 Å². The van der Waals surface area contributed by atoms with Crippen molar-refractivity contribution >= 4 is 5.91 Å². The summed E-state index contributed by atoms with van der Waals surface area (Å²) in [6, 6.07) is 4.00. The summed E-state index contributed by atoms with van der Waals surface area (Å²) in [6.45, 7) is 0. The highest BCUT2D eigenvalue weighted by atomic mass is 16.2. The lowest BCUT2D eigenvalue weighted by atomic mass is 10.2. The van der Waals surface area contributed by atoms with Crippen LogP contribution in [0, 0.1) is 0 Å². The standard InChI is InChI=1S/C10H17N3O/c1-13(2)12-10(14)7-3-5-9-6-4-8-11-9/h4,6,8,11H,3,5,7H2,1-2H3,(H,12,14). The van der Waals surface area contributed by atoms with Gasteiger partial charge in [0, 0.05) is 32.4 Å². The van der Waals surface area contributed by atoms with Gasteiger partial charge in [0.25, 0.3) is 0 Å². The predicted molar refractivity (Wildman–Crippen MR) is 55.6 cm³/mol. The van der Waals surface area contributed by atoms with Crippen LogP contribution in [0.15, 0.2) is 18.3 Å². The number of nitrogens with one attached hydrogen (secondary N) is 2. The topological polar surface area (TPSA) is 48.1 Å². The van der Waals surface area contributed by atoms with Gasteiger partial charge in [-0.05, 0) is 25.0 Å². The number of amides is 1. The zero-order chi connectivity index (χ0) is 10.4. The molecule has 1 heterocycles. The Morgan fingerprint density at radius 1 is 1.57 bits per heavy atom. The van der Waals surface area contributed by atoms with Gasteiger partial charge in [-0.3, -0.25) is 10.2 Å². The SMILES string of the molecule is CN(C)NC(=O)CCCc1ccc[nH]1. The molecule has 14 heavy (non-hydrogen) atoms. The lowest BCUT2D eigenvalue weighted by Gasteiger charge is -2.11. The van der Waals surface area contributed by atoms with Crippen LogP contribution in [0.4, 0.5) is 0 Å². The van der Waals surface area contributed by atoms with Crippen molar-refractivity contribution in [3.8, 4) is 0 Å². The van der Waals surface area contributed by atoms with E-state index in [9.17, 15) is 4.79 Å². The third-order valence-corrected chi connectivity index (χ3v) is 1.86. The van der Waals surface area contributed by atoms with Crippen molar-refractivity contribution in [3.05, 3.63) is 24.0 Å². The Morgan fingerprint density at radius 2 is 2.36 bits per heavy atom. The number of rotatable bonds is 5. The van der Waals surface area contributed by atoms with Crippen LogP contribution >= 0.6 is 0 Å². The van der Waals surface area contributed by atoms with Crippen LogP contribution in [0.25, 0.3) is 0 Å². The van der Waals surface area contributed by atoms with Gasteiger partial charge in [0.2, 0.25) is 5.91 Å². The van der Waals surface area contributed by atoms with E-state index < -0.39 is 0 Å². The van der Waals surface area contributed by atoms with Gasteiger partial charge in [-0.2, -0.15) is 0 Å². The van der Waals surface area contributed by atoms with Crippen LogP contribution in [0.1, 0.15) is 18.5 Å². The van der Waals surface area contributed by atoms with Gasteiger partial charge in [0.1, 0.15) is 0 Å². The van der Waals surface area contributed by atoms with Crippen molar-refractivity contribution in [2.24, 2.45) is 0 Å². The van der Waals surface area contributed by atoms with Crippen molar-refractivity contribution in [1.82, 2.24) is 15.4 Å². The molecule has 0 aromatic carbocycles. The maximum atomic E-state index is 11.2.